The molecule has 1 atom stereocenters. The first-order valence-electron chi connectivity index (χ1n) is 10.5. The molecular weight excluding hydrogens is 400 g/mol. The molecule has 0 aromatic heterocycles. The fraction of sp³-hybridized carbons (Fsp3) is 0.609. The van der Waals surface area contributed by atoms with E-state index in [1.54, 1.807) is 25.3 Å². The predicted molar refractivity (Wildman–Crippen MR) is 116 cm³/mol. The Labute approximate surface area is 184 Å². The molecule has 0 spiro atoms. The average molecular weight is 435 g/mol. The predicted octanol–water partition coefficient (Wildman–Crippen LogP) is 2.71. The van der Waals surface area contributed by atoms with E-state index in [1.807, 2.05) is 25.7 Å². The van der Waals surface area contributed by atoms with Crippen molar-refractivity contribution >= 4 is 17.8 Å². The molecule has 0 aliphatic carbocycles. The van der Waals surface area contributed by atoms with Crippen molar-refractivity contribution in [3.63, 3.8) is 0 Å². The zero-order chi connectivity index (χ0) is 23.2. The summed E-state index contributed by atoms with van der Waals surface area (Å²) in [7, 11) is 4.39. The fourth-order valence-corrected chi connectivity index (χ4v) is 3.68. The quantitative estimate of drug-likeness (QED) is 0.663. The number of amides is 2. The Morgan fingerprint density at radius 2 is 1.68 bits per heavy atom. The lowest BCUT2D eigenvalue weighted by Crippen LogP contribution is -2.47. The third-order valence-electron chi connectivity index (χ3n) is 5.52. The van der Waals surface area contributed by atoms with E-state index in [9.17, 15) is 14.4 Å². The molecule has 1 aromatic carbocycles. The number of nitrogens with zero attached hydrogens (tertiary/aromatic N) is 1. The highest BCUT2D eigenvalue weighted by Crippen LogP contribution is 2.32. The highest BCUT2D eigenvalue weighted by Gasteiger charge is 2.33. The maximum atomic E-state index is 13.0. The molecule has 1 N–H and O–H groups in total. The number of methoxy groups -OCH3 is 3. The molecule has 0 bridgehead atoms. The second-order valence-electron chi connectivity index (χ2n) is 8.77. The summed E-state index contributed by atoms with van der Waals surface area (Å²) in [6, 6.07) is 4.72. The van der Waals surface area contributed by atoms with Gasteiger partial charge in [-0.05, 0) is 30.5 Å². The van der Waals surface area contributed by atoms with Crippen molar-refractivity contribution in [2.75, 3.05) is 34.4 Å². The number of esters is 1. The Morgan fingerprint density at radius 1 is 1.06 bits per heavy atom. The van der Waals surface area contributed by atoms with Gasteiger partial charge in [0.25, 0.3) is 0 Å². The summed E-state index contributed by atoms with van der Waals surface area (Å²) in [5.74, 6) is 0.394. The maximum Gasteiger partial charge on any atom is 0.307 e. The van der Waals surface area contributed by atoms with Gasteiger partial charge < -0.3 is 24.4 Å². The van der Waals surface area contributed by atoms with Gasteiger partial charge in [-0.1, -0.05) is 26.8 Å². The van der Waals surface area contributed by atoms with Crippen molar-refractivity contribution in [1.82, 2.24) is 10.2 Å². The second kappa shape index (κ2) is 10.5. The Hall–Kier alpha value is -2.77. The largest absolute Gasteiger partial charge is 0.493 e. The van der Waals surface area contributed by atoms with Crippen LogP contribution in [0.5, 0.6) is 11.5 Å². The van der Waals surface area contributed by atoms with Crippen LogP contribution in [-0.2, 0) is 19.1 Å². The zero-order valence-electron chi connectivity index (χ0n) is 19.3. The monoisotopic (exact) mass is 434 g/mol. The van der Waals surface area contributed by atoms with Crippen LogP contribution < -0.4 is 14.8 Å². The molecule has 31 heavy (non-hydrogen) atoms. The van der Waals surface area contributed by atoms with Gasteiger partial charge in [0, 0.05) is 24.4 Å². The van der Waals surface area contributed by atoms with Crippen molar-refractivity contribution < 1.29 is 28.6 Å². The maximum absolute atomic E-state index is 13.0. The number of hydrogen-bond donors (Lipinski definition) is 1. The first kappa shape index (κ1) is 24.5. The first-order chi connectivity index (χ1) is 14.6. The van der Waals surface area contributed by atoms with E-state index in [1.165, 1.54) is 14.2 Å². The molecule has 0 radical (unpaired) electrons. The molecule has 1 aromatic rings. The van der Waals surface area contributed by atoms with Gasteiger partial charge >= 0.3 is 5.97 Å². The van der Waals surface area contributed by atoms with E-state index in [2.05, 4.69) is 5.32 Å². The van der Waals surface area contributed by atoms with E-state index in [-0.39, 0.29) is 24.2 Å². The third-order valence-corrected chi connectivity index (χ3v) is 5.52. The minimum Gasteiger partial charge on any atom is -0.493 e. The normalized spacial score (nSPS) is 15.7. The first-order valence-corrected chi connectivity index (χ1v) is 10.5. The molecule has 1 fully saturated rings. The van der Waals surface area contributed by atoms with Gasteiger partial charge in [0.05, 0.1) is 33.8 Å². The average Bonchev–Trinajstić information content (AvgIpc) is 2.76. The number of ether oxygens (including phenoxy) is 3. The Morgan fingerprint density at radius 3 is 2.19 bits per heavy atom. The van der Waals surface area contributed by atoms with Gasteiger partial charge in [0.2, 0.25) is 11.8 Å². The van der Waals surface area contributed by atoms with Gasteiger partial charge in [0.1, 0.15) is 0 Å². The van der Waals surface area contributed by atoms with Gasteiger partial charge in [-0.15, -0.1) is 0 Å². The molecule has 2 amide bonds. The van der Waals surface area contributed by atoms with Crippen LogP contribution in [0.4, 0.5) is 0 Å². The fourth-order valence-electron chi connectivity index (χ4n) is 3.68. The number of piperidine rings is 1. The topological polar surface area (TPSA) is 94.2 Å². The number of carbonyl (C=O) groups excluding carboxylic acids is 3. The molecule has 172 valence electrons. The molecule has 8 nitrogen and oxygen atoms in total. The summed E-state index contributed by atoms with van der Waals surface area (Å²) in [5, 5.41) is 2.99. The van der Waals surface area contributed by atoms with Crippen LogP contribution in [0.3, 0.4) is 0 Å². The summed E-state index contributed by atoms with van der Waals surface area (Å²) in [4.78, 5) is 39.3. The molecule has 8 heteroatoms. The van der Waals surface area contributed by atoms with Crippen LogP contribution in [0, 0.1) is 11.3 Å². The van der Waals surface area contributed by atoms with Gasteiger partial charge in [0.15, 0.2) is 11.5 Å². The molecular formula is C23H34N2O6. The van der Waals surface area contributed by atoms with Gasteiger partial charge in [-0.3, -0.25) is 14.4 Å². The van der Waals surface area contributed by atoms with Crippen molar-refractivity contribution in [3.05, 3.63) is 23.8 Å². The smallest absolute Gasteiger partial charge is 0.307 e. The van der Waals surface area contributed by atoms with E-state index in [4.69, 9.17) is 14.2 Å². The molecule has 2 rings (SSSR count). The van der Waals surface area contributed by atoms with Crippen LogP contribution >= 0.6 is 0 Å². The van der Waals surface area contributed by atoms with E-state index in [0.29, 0.717) is 37.4 Å². The molecule has 0 saturated carbocycles. The van der Waals surface area contributed by atoms with E-state index >= 15 is 0 Å². The number of benzene rings is 1. The van der Waals surface area contributed by atoms with Gasteiger partial charge in [-0.25, -0.2) is 0 Å². The number of likely N-dealkylation sites (tertiary alicyclic amines) is 1. The molecule has 1 saturated heterocycles. The van der Waals surface area contributed by atoms with Crippen molar-refractivity contribution in [2.24, 2.45) is 11.3 Å². The summed E-state index contributed by atoms with van der Waals surface area (Å²) in [6.45, 7) is 6.79. The van der Waals surface area contributed by atoms with Gasteiger partial charge in [-0.2, -0.15) is 0 Å². The lowest BCUT2D eigenvalue weighted by molar-refractivity contribution is -0.143. The Kier molecular flexibility index (Phi) is 8.30. The third kappa shape index (κ3) is 6.35. The summed E-state index contributed by atoms with van der Waals surface area (Å²) in [6.07, 6.45) is 1.17. The summed E-state index contributed by atoms with van der Waals surface area (Å²) < 4.78 is 15.4. The van der Waals surface area contributed by atoms with Crippen molar-refractivity contribution in [2.45, 2.75) is 46.1 Å². The lowest BCUT2D eigenvalue weighted by atomic mass is 9.90. The SMILES string of the molecule is COC(=O)CC(NC(=O)C1CCN(C(=O)C(C)(C)C)CC1)c1ccc(OC)c(OC)c1. The highest BCUT2D eigenvalue weighted by atomic mass is 16.5. The standard InChI is InChI=1S/C23H34N2O6/c1-23(2,3)22(28)25-11-9-15(10-12-25)21(27)24-17(14-20(26)31-6)16-7-8-18(29-4)19(13-16)30-5/h7-8,13,15,17H,9-12,14H2,1-6H3,(H,24,27). The lowest BCUT2D eigenvalue weighted by Gasteiger charge is -2.35. The van der Waals surface area contributed by atoms with Crippen LogP contribution in [-0.4, -0.2) is 57.1 Å². The minimum atomic E-state index is -0.561. The molecule has 1 unspecified atom stereocenters. The summed E-state index contributed by atoms with van der Waals surface area (Å²) >= 11 is 0. The van der Waals surface area contributed by atoms with Crippen LogP contribution in [0.25, 0.3) is 0 Å². The number of nitrogens with one attached hydrogen (secondary N) is 1. The van der Waals surface area contributed by atoms with E-state index in [0.717, 1.165) is 5.56 Å². The number of hydrogen-bond acceptors (Lipinski definition) is 6. The minimum absolute atomic E-state index is 0.000915. The number of carbonyl (C=O) groups is 3. The van der Waals surface area contributed by atoms with Crippen LogP contribution in [0.2, 0.25) is 0 Å². The van der Waals surface area contributed by atoms with Crippen LogP contribution in [0.15, 0.2) is 18.2 Å². The number of rotatable bonds is 7. The Balaban J connectivity index is 2.11. The Bertz CT molecular complexity index is 794. The van der Waals surface area contributed by atoms with Crippen molar-refractivity contribution in [3.8, 4) is 11.5 Å². The highest BCUT2D eigenvalue weighted by molar-refractivity contribution is 5.83. The van der Waals surface area contributed by atoms with E-state index < -0.39 is 17.4 Å². The zero-order valence-corrected chi connectivity index (χ0v) is 19.3. The molecule has 1 aliphatic heterocycles. The van der Waals surface area contributed by atoms with Crippen LogP contribution in [0.1, 0.15) is 51.6 Å². The molecule has 1 heterocycles. The summed E-state index contributed by atoms with van der Waals surface area (Å²) in [5.41, 5.74) is 0.283. The molecule has 1 aliphatic rings. The van der Waals surface area contributed by atoms with Crippen molar-refractivity contribution in [1.29, 1.82) is 0 Å². The second-order valence-corrected chi connectivity index (χ2v) is 8.77.